The van der Waals surface area contributed by atoms with Crippen molar-refractivity contribution in [2.24, 2.45) is 0 Å². The van der Waals surface area contributed by atoms with Crippen molar-refractivity contribution in [3.8, 4) is 5.75 Å². The number of carbonyl (C=O) groups excluding carboxylic acids is 1. The first-order valence-electron chi connectivity index (χ1n) is 6.78. The normalized spacial score (nSPS) is 10.7. The van der Waals surface area contributed by atoms with E-state index < -0.39 is 5.97 Å². The van der Waals surface area contributed by atoms with Crippen LogP contribution in [0.4, 0.5) is 0 Å². The summed E-state index contributed by atoms with van der Waals surface area (Å²) in [6, 6.07) is 11.3. The van der Waals surface area contributed by atoms with Crippen molar-refractivity contribution in [3.63, 3.8) is 0 Å². The van der Waals surface area contributed by atoms with Gasteiger partial charge in [-0.3, -0.25) is 4.79 Å². The Bertz CT molecular complexity index is 825. The standard InChI is InChI=1S/C18H13ClO4S/c1-11(18(22)23)24-14-6-2-12(3-7-14)4-9-16(20)15-8-5-13(19)10-17(15)21/h2-10,21H,1H2,(H,22,23)/b9-4+. The average molecular weight is 361 g/mol. The summed E-state index contributed by atoms with van der Waals surface area (Å²) in [4.78, 5) is 23.6. The van der Waals surface area contributed by atoms with Crippen LogP contribution >= 0.6 is 23.4 Å². The van der Waals surface area contributed by atoms with E-state index in [0.717, 1.165) is 22.2 Å². The van der Waals surface area contributed by atoms with Crippen molar-refractivity contribution in [2.45, 2.75) is 4.90 Å². The van der Waals surface area contributed by atoms with Gasteiger partial charge in [0, 0.05) is 9.92 Å². The number of thioether (sulfide) groups is 1. The molecule has 0 fully saturated rings. The van der Waals surface area contributed by atoms with E-state index in [2.05, 4.69) is 6.58 Å². The predicted octanol–water partition coefficient (Wildman–Crippen LogP) is 4.63. The molecule has 2 aromatic rings. The lowest BCUT2D eigenvalue weighted by atomic mass is 10.1. The zero-order chi connectivity index (χ0) is 17.7. The Balaban J connectivity index is 2.07. The van der Waals surface area contributed by atoms with Crippen LogP contribution in [0.1, 0.15) is 15.9 Å². The molecule has 0 saturated carbocycles. The Morgan fingerprint density at radius 3 is 2.38 bits per heavy atom. The number of rotatable bonds is 6. The Kier molecular flexibility index (Phi) is 5.84. The molecule has 0 radical (unpaired) electrons. The van der Waals surface area contributed by atoms with Gasteiger partial charge in [0.2, 0.25) is 0 Å². The Hall–Kier alpha value is -2.50. The second-order valence-corrected chi connectivity index (χ2v) is 6.36. The van der Waals surface area contributed by atoms with Crippen LogP contribution in [-0.2, 0) is 4.79 Å². The third-order valence-electron chi connectivity index (χ3n) is 3.01. The van der Waals surface area contributed by atoms with Gasteiger partial charge in [-0.15, -0.1) is 0 Å². The number of halogens is 1. The molecule has 0 aromatic heterocycles. The quantitative estimate of drug-likeness (QED) is 0.446. The van der Waals surface area contributed by atoms with Crippen molar-refractivity contribution in [1.29, 1.82) is 0 Å². The first kappa shape index (κ1) is 17.8. The van der Waals surface area contributed by atoms with Gasteiger partial charge in [-0.25, -0.2) is 4.79 Å². The molecule has 0 spiro atoms. The molecule has 0 bridgehead atoms. The molecular weight excluding hydrogens is 348 g/mol. The molecule has 4 nitrogen and oxygen atoms in total. The van der Waals surface area contributed by atoms with Crippen LogP contribution in [0, 0.1) is 0 Å². The molecule has 2 N–H and O–H groups in total. The summed E-state index contributed by atoms with van der Waals surface area (Å²) >= 11 is 6.79. The molecule has 2 aromatic carbocycles. The molecule has 6 heteroatoms. The lowest BCUT2D eigenvalue weighted by Gasteiger charge is -2.02. The van der Waals surface area contributed by atoms with Gasteiger partial charge >= 0.3 is 5.97 Å². The zero-order valence-corrected chi connectivity index (χ0v) is 14.0. The number of hydrogen-bond acceptors (Lipinski definition) is 4. The maximum Gasteiger partial charge on any atom is 0.341 e. The number of carbonyl (C=O) groups is 2. The second kappa shape index (κ2) is 7.86. The highest BCUT2D eigenvalue weighted by molar-refractivity contribution is 8.04. The van der Waals surface area contributed by atoms with E-state index in [9.17, 15) is 14.7 Å². The molecule has 0 aliphatic heterocycles. The smallest absolute Gasteiger partial charge is 0.341 e. The summed E-state index contributed by atoms with van der Waals surface area (Å²) in [6.45, 7) is 3.45. The fourth-order valence-electron chi connectivity index (χ4n) is 1.81. The molecule has 122 valence electrons. The maximum absolute atomic E-state index is 12.1. The molecule has 0 unspecified atom stereocenters. The van der Waals surface area contributed by atoms with Crippen molar-refractivity contribution in [2.75, 3.05) is 0 Å². The Labute approximate surface area is 148 Å². The van der Waals surface area contributed by atoms with Gasteiger partial charge in [0.15, 0.2) is 5.78 Å². The van der Waals surface area contributed by atoms with E-state index in [-0.39, 0.29) is 22.0 Å². The molecule has 0 amide bonds. The van der Waals surface area contributed by atoms with Gasteiger partial charge in [0.25, 0.3) is 0 Å². The van der Waals surface area contributed by atoms with E-state index in [4.69, 9.17) is 16.7 Å². The number of ketones is 1. The SMILES string of the molecule is C=C(Sc1ccc(/C=C/C(=O)c2ccc(Cl)cc2O)cc1)C(=O)O. The number of phenolic OH excluding ortho intramolecular Hbond substituents is 1. The number of phenols is 1. The van der Waals surface area contributed by atoms with Crippen molar-refractivity contribution in [1.82, 2.24) is 0 Å². The average Bonchev–Trinajstić information content (AvgIpc) is 2.53. The fourth-order valence-corrected chi connectivity index (χ4v) is 2.62. The Morgan fingerprint density at radius 1 is 1.12 bits per heavy atom. The number of aliphatic carboxylic acids is 1. The van der Waals surface area contributed by atoms with E-state index in [0.29, 0.717) is 5.02 Å². The van der Waals surface area contributed by atoms with E-state index in [1.807, 2.05) is 0 Å². The molecule has 2 rings (SSSR count). The zero-order valence-electron chi connectivity index (χ0n) is 12.4. The second-order valence-electron chi connectivity index (χ2n) is 4.76. The molecule has 0 aliphatic rings. The predicted molar refractivity (Wildman–Crippen MR) is 95.6 cm³/mol. The molecule has 0 heterocycles. The summed E-state index contributed by atoms with van der Waals surface area (Å²) in [7, 11) is 0. The molecule has 0 aliphatic carbocycles. The van der Waals surface area contributed by atoms with Gasteiger partial charge in [0.05, 0.1) is 10.5 Å². The summed E-state index contributed by atoms with van der Waals surface area (Å²) < 4.78 is 0. The summed E-state index contributed by atoms with van der Waals surface area (Å²) in [5, 5.41) is 18.9. The maximum atomic E-state index is 12.1. The number of allylic oxidation sites excluding steroid dienone is 1. The van der Waals surface area contributed by atoms with Crippen molar-refractivity contribution < 1.29 is 19.8 Å². The van der Waals surface area contributed by atoms with Crippen LogP contribution in [0.15, 0.2) is 64.9 Å². The summed E-state index contributed by atoms with van der Waals surface area (Å²) in [5.41, 5.74) is 0.933. The number of carboxylic acid groups (broad SMARTS) is 1. The minimum Gasteiger partial charge on any atom is -0.507 e. The highest BCUT2D eigenvalue weighted by atomic mass is 35.5. The molecule has 0 atom stereocenters. The largest absolute Gasteiger partial charge is 0.507 e. The van der Waals surface area contributed by atoms with Crippen LogP contribution in [0.2, 0.25) is 5.02 Å². The van der Waals surface area contributed by atoms with E-state index >= 15 is 0 Å². The lowest BCUT2D eigenvalue weighted by molar-refractivity contribution is -0.131. The van der Waals surface area contributed by atoms with Gasteiger partial charge in [-0.2, -0.15) is 0 Å². The number of hydrogen-bond donors (Lipinski definition) is 2. The van der Waals surface area contributed by atoms with Gasteiger partial charge in [-0.1, -0.05) is 48.2 Å². The van der Waals surface area contributed by atoms with Crippen LogP contribution in [0.3, 0.4) is 0 Å². The number of aromatic hydroxyl groups is 1. The fraction of sp³-hybridized carbons (Fsp3) is 0. The van der Waals surface area contributed by atoms with Crippen molar-refractivity contribution in [3.05, 3.63) is 76.2 Å². The molecule has 0 saturated heterocycles. The molecule has 24 heavy (non-hydrogen) atoms. The first-order valence-corrected chi connectivity index (χ1v) is 7.97. The topological polar surface area (TPSA) is 74.6 Å². The van der Waals surface area contributed by atoms with Gasteiger partial charge < -0.3 is 10.2 Å². The summed E-state index contributed by atoms with van der Waals surface area (Å²) in [6.07, 6.45) is 2.96. The van der Waals surface area contributed by atoms with Crippen LogP contribution in [0.5, 0.6) is 5.75 Å². The summed E-state index contributed by atoms with van der Waals surface area (Å²) in [5.74, 6) is -1.57. The first-order chi connectivity index (χ1) is 11.4. The third kappa shape index (κ3) is 4.75. The van der Waals surface area contributed by atoms with Crippen LogP contribution in [0.25, 0.3) is 6.08 Å². The monoisotopic (exact) mass is 360 g/mol. The third-order valence-corrected chi connectivity index (χ3v) is 4.18. The minimum atomic E-state index is -1.06. The van der Waals surface area contributed by atoms with Crippen LogP contribution in [-0.4, -0.2) is 22.0 Å². The van der Waals surface area contributed by atoms with Crippen molar-refractivity contribution >= 4 is 41.2 Å². The highest BCUT2D eigenvalue weighted by Gasteiger charge is 2.09. The number of carboxylic acids is 1. The van der Waals surface area contributed by atoms with Crippen LogP contribution < -0.4 is 0 Å². The van der Waals surface area contributed by atoms with E-state index in [1.54, 1.807) is 30.3 Å². The van der Waals surface area contributed by atoms with Gasteiger partial charge in [-0.05, 0) is 42.0 Å². The Morgan fingerprint density at radius 2 is 1.79 bits per heavy atom. The van der Waals surface area contributed by atoms with Gasteiger partial charge in [0.1, 0.15) is 5.75 Å². The lowest BCUT2D eigenvalue weighted by Crippen LogP contribution is -1.95. The molecular formula is C18H13ClO4S. The number of benzene rings is 2. The highest BCUT2D eigenvalue weighted by Crippen LogP contribution is 2.26. The van der Waals surface area contributed by atoms with E-state index in [1.165, 1.54) is 24.3 Å². The minimum absolute atomic E-state index is 0.0340.